The highest BCUT2D eigenvalue weighted by Gasteiger charge is 2.16. The van der Waals surface area contributed by atoms with Gasteiger partial charge in [-0.3, -0.25) is 0 Å². The summed E-state index contributed by atoms with van der Waals surface area (Å²) < 4.78 is 5.92. The largest absolute Gasteiger partial charge is 0.377 e. The summed E-state index contributed by atoms with van der Waals surface area (Å²) in [4.78, 5) is 2.43. The molecule has 0 unspecified atom stereocenters. The SMILES string of the molecule is CN1CCC(CNCCOC2CCCCC2)CC1. The van der Waals surface area contributed by atoms with Gasteiger partial charge in [0, 0.05) is 6.54 Å². The molecule has 0 aromatic heterocycles. The van der Waals surface area contributed by atoms with E-state index in [2.05, 4.69) is 17.3 Å². The topological polar surface area (TPSA) is 24.5 Å². The third-order valence-electron chi connectivity index (χ3n) is 4.46. The lowest BCUT2D eigenvalue weighted by molar-refractivity contribution is 0.0298. The van der Waals surface area contributed by atoms with Crippen LogP contribution >= 0.6 is 0 Å². The van der Waals surface area contributed by atoms with Gasteiger partial charge in [0.2, 0.25) is 0 Å². The van der Waals surface area contributed by atoms with Gasteiger partial charge in [-0.25, -0.2) is 0 Å². The number of rotatable bonds is 6. The summed E-state index contributed by atoms with van der Waals surface area (Å²) in [6.45, 7) is 5.65. The minimum absolute atomic E-state index is 0.559. The van der Waals surface area contributed by atoms with Crippen LogP contribution in [-0.2, 0) is 4.74 Å². The number of nitrogens with one attached hydrogen (secondary N) is 1. The first kappa shape index (κ1) is 14.3. The summed E-state index contributed by atoms with van der Waals surface area (Å²) >= 11 is 0. The zero-order valence-electron chi connectivity index (χ0n) is 12.0. The number of hydrogen-bond acceptors (Lipinski definition) is 3. The van der Waals surface area contributed by atoms with Crippen molar-refractivity contribution in [2.24, 2.45) is 5.92 Å². The number of likely N-dealkylation sites (tertiary alicyclic amines) is 1. The van der Waals surface area contributed by atoms with Crippen LogP contribution in [0.5, 0.6) is 0 Å². The fourth-order valence-corrected chi connectivity index (χ4v) is 3.10. The van der Waals surface area contributed by atoms with Crippen LogP contribution in [0, 0.1) is 5.92 Å². The Bertz CT molecular complexity index is 209. The van der Waals surface area contributed by atoms with E-state index in [9.17, 15) is 0 Å². The third-order valence-corrected chi connectivity index (χ3v) is 4.46. The second-order valence-electron chi connectivity index (χ2n) is 6.08. The molecule has 1 aliphatic heterocycles. The molecule has 0 atom stereocenters. The quantitative estimate of drug-likeness (QED) is 0.736. The molecule has 0 aromatic carbocycles. The number of ether oxygens (including phenoxy) is 1. The first-order valence-corrected chi connectivity index (χ1v) is 7.85. The van der Waals surface area contributed by atoms with E-state index < -0.39 is 0 Å². The Morgan fingerprint density at radius 3 is 2.50 bits per heavy atom. The van der Waals surface area contributed by atoms with Crippen molar-refractivity contribution in [2.45, 2.75) is 51.0 Å². The lowest BCUT2D eigenvalue weighted by Gasteiger charge is -2.29. The van der Waals surface area contributed by atoms with Crippen LogP contribution in [0.3, 0.4) is 0 Å². The fourth-order valence-electron chi connectivity index (χ4n) is 3.10. The van der Waals surface area contributed by atoms with Gasteiger partial charge in [0.1, 0.15) is 0 Å². The smallest absolute Gasteiger partial charge is 0.0594 e. The maximum Gasteiger partial charge on any atom is 0.0594 e. The van der Waals surface area contributed by atoms with Gasteiger partial charge in [0.05, 0.1) is 12.7 Å². The lowest BCUT2D eigenvalue weighted by Crippen LogP contribution is -2.36. The minimum Gasteiger partial charge on any atom is -0.377 e. The van der Waals surface area contributed by atoms with Crippen molar-refractivity contribution in [3.8, 4) is 0 Å². The van der Waals surface area contributed by atoms with Gasteiger partial charge in [0.15, 0.2) is 0 Å². The molecule has 1 saturated carbocycles. The molecule has 3 heteroatoms. The number of hydrogen-bond donors (Lipinski definition) is 1. The molecule has 18 heavy (non-hydrogen) atoms. The molecule has 0 spiro atoms. The summed E-state index contributed by atoms with van der Waals surface area (Å²) in [7, 11) is 2.22. The maximum absolute atomic E-state index is 5.92. The van der Waals surface area contributed by atoms with Gasteiger partial charge in [-0.05, 0) is 58.3 Å². The molecule has 2 rings (SSSR count). The predicted molar refractivity (Wildman–Crippen MR) is 75.9 cm³/mol. The Kier molecular flexibility index (Phi) is 6.46. The van der Waals surface area contributed by atoms with E-state index >= 15 is 0 Å². The van der Waals surface area contributed by atoms with Crippen LogP contribution in [0.4, 0.5) is 0 Å². The highest BCUT2D eigenvalue weighted by molar-refractivity contribution is 4.71. The fraction of sp³-hybridized carbons (Fsp3) is 1.00. The van der Waals surface area contributed by atoms with Crippen molar-refractivity contribution >= 4 is 0 Å². The second kappa shape index (κ2) is 8.13. The molecule has 3 nitrogen and oxygen atoms in total. The zero-order chi connectivity index (χ0) is 12.6. The molecular formula is C15H30N2O. The predicted octanol–water partition coefficient (Wildman–Crippen LogP) is 2.27. The van der Waals surface area contributed by atoms with Crippen molar-refractivity contribution < 1.29 is 4.74 Å². The summed E-state index contributed by atoms with van der Waals surface area (Å²) in [5, 5.41) is 3.57. The molecule has 2 aliphatic rings. The molecule has 1 N–H and O–H groups in total. The Labute approximate surface area is 112 Å². The van der Waals surface area contributed by atoms with E-state index in [1.165, 1.54) is 64.6 Å². The van der Waals surface area contributed by atoms with Gasteiger partial charge in [-0.2, -0.15) is 0 Å². The Hall–Kier alpha value is -0.120. The first-order valence-electron chi connectivity index (χ1n) is 7.85. The molecule has 1 saturated heterocycles. The lowest BCUT2D eigenvalue weighted by atomic mass is 9.97. The molecular weight excluding hydrogens is 224 g/mol. The van der Waals surface area contributed by atoms with Crippen molar-refractivity contribution in [3.63, 3.8) is 0 Å². The van der Waals surface area contributed by atoms with Gasteiger partial charge >= 0.3 is 0 Å². The molecule has 0 radical (unpaired) electrons. The standard InChI is InChI=1S/C15H30N2O/c1-17-10-7-14(8-11-17)13-16-9-12-18-15-5-3-2-4-6-15/h14-16H,2-13H2,1H3. The van der Waals surface area contributed by atoms with Crippen molar-refractivity contribution in [3.05, 3.63) is 0 Å². The number of piperidine rings is 1. The van der Waals surface area contributed by atoms with E-state index in [0.717, 1.165) is 19.1 Å². The first-order chi connectivity index (χ1) is 8.84. The summed E-state index contributed by atoms with van der Waals surface area (Å²) in [6.07, 6.45) is 9.99. The van der Waals surface area contributed by atoms with Crippen LogP contribution in [0.25, 0.3) is 0 Å². The zero-order valence-corrected chi connectivity index (χ0v) is 12.0. The monoisotopic (exact) mass is 254 g/mol. The van der Waals surface area contributed by atoms with Gasteiger partial charge in [-0.1, -0.05) is 19.3 Å². The van der Waals surface area contributed by atoms with Crippen LogP contribution in [0.2, 0.25) is 0 Å². The average Bonchev–Trinajstić information content (AvgIpc) is 2.42. The van der Waals surface area contributed by atoms with Gasteiger partial charge in [0.25, 0.3) is 0 Å². The summed E-state index contributed by atoms with van der Waals surface area (Å²) in [5.41, 5.74) is 0. The highest BCUT2D eigenvalue weighted by Crippen LogP contribution is 2.20. The highest BCUT2D eigenvalue weighted by atomic mass is 16.5. The number of nitrogens with zero attached hydrogens (tertiary/aromatic N) is 1. The average molecular weight is 254 g/mol. The summed E-state index contributed by atoms with van der Waals surface area (Å²) in [5.74, 6) is 0.885. The van der Waals surface area contributed by atoms with Crippen molar-refractivity contribution in [2.75, 3.05) is 39.8 Å². The van der Waals surface area contributed by atoms with Gasteiger partial charge in [-0.15, -0.1) is 0 Å². The van der Waals surface area contributed by atoms with Crippen LogP contribution in [0.15, 0.2) is 0 Å². The minimum atomic E-state index is 0.559. The molecule has 2 fully saturated rings. The molecule has 106 valence electrons. The Morgan fingerprint density at radius 2 is 1.78 bits per heavy atom. The third kappa shape index (κ3) is 5.25. The van der Waals surface area contributed by atoms with E-state index in [1.807, 2.05) is 0 Å². The normalized spacial score (nSPS) is 24.5. The van der Waals surface area contributed by atoms with Crippen molar-refractivity contribution in [1.82, 2.24) is 10.2 Å². The second-order valence-corrected chi connectivity index (χ2v) is 6.08. The molecule has 1 heterocycles. The maximum atomic E-state index is 5.92. The van der Waals surface area contributed by atoms with Crippen LogP contribution in [0.1, 0.15) is 44.9 Å². The summed E-state index contributed by atoms with van der Waals surface area (Å²) in [6, 6.07) is 0. The molecule has 0 amide bonds. The van der Waals surface area contributed by atoms with Crippen LogP contribution < -0.4 is 5.32 Å². The van der Waals surface area contributed by atoms with Crippen molar-refractivity contribution in [1.29, 1.82) is 0 Å². The molecule has 1 aliphatic carbocycles. The van der Waals surface area contributed by atoms with E-state index in [-0.39, 0.29) is 0 Å². The van der Waals surface area contributed by atoms with E-state index in [0.29, 0.717) is 6.10 Å². The van der Waals surface area contributed by atoms with E-state index in [4.69, 9.17) is 4.74 Å². The van der Waals surface area contributed by atoms with Crippen LogP contribution in [-0.4, -0.2) is 50.8 Å². The Morgan fingerprint density at radius 1 is 1.06 bits per heavy atom. The van der Waals surface area contributed by atoms with E-state index in [1.54, 1.807) is 0 Å². The molecule has 0 bridgehead atoms. The van der Waals surface area contributed by atoms with Gasteiger partial charge < -0.3 is 15.0 Å². The molecule has 0 aromatic rings. The Balaban J connectivity index is 1.43.